The average Bonchev–Trinajstić information content (AvgIpc) is 3.73. The van der Waals surface area contributed by atoms with Crippen LogP contribution in [0.5, 0.6) is 0 Å². The Morgan fingerprint density at radius 1 is 0.897 bits per heavy atom. The van der Waals surface area contributed by atoms with Crippen molar-refractivity contribution < 1.29 is 4.39 Å². The molecule has 2 aromatic carbocycles. The first-order valence-corrected chi connectivity index (χ1v) is 13.6. The lowest BCUT2D eigenvalue weighted by atomic mass is 10.0. The number of benzene rings is 2. The molecule has 194 valence electrons. The van der Waals surface area contributed by atoms with Crippen LogP contribution in [0.2, 0.25) is 0 Å². The van der Waals surface area contributed by atoms with Crippen molar-refractivity contribution >= 4 is 21.9 Å². The zero-order valence-electron chi connectivity index (χ0n) is 21.5. The molecule has 1 fully saturated rings. The Labute approximate surface area is 225 Å². The second-order valence-corrected chi connectivity index (χ2v) is 10.5. The normalized spacial score (nSPS) is 14.1. The van der Waals surface area contributed by atoms with E-state index in [9.17, 15) is 4.39 Å². The number of hydrogen-bond acceptors (Lipinski definition) is 4. The van der Waals surface area contributed by atoms with E-state index in [-0.39, 0.29) is 5.82 Å². The molecule has 0 bridgehead atoms. The summed E-state index contributed by atoms with van der Waals surface area (Å²) in [5, 5.41) is 12.3. The molecule has 7 heteroatoms. The monoisotopic (exact) mass is 516 g/mol. The molecule has 1 aliphatic carbocycles. The summed E-state index contributed by atoms with van der Waals surface area (Å²) in [6, 6.07) is 20.9. The Bertz CT molecular complexity index is 1780. The molecule has 3 N–H and O–H groups in total. The van der Waals surface area contributed by atoms with Gasteiger partial charge in [-0.05, 0) is 72.8 Å². The fourth-order valence-corrected chi connectivity index (χ4v) is 5.80. The third-order valence-electron chi connectivity index (χ3n) is 7.82. The fraction of sp³-hybridized carbons (Fsp3) is 0.219. The molecule has 0 unspecified atom stereocenters. The molecule has 0 amide bonds. The maximum atomic E-state index is 14.6. The molecule has 7 rings (SSSR count). The first-order chi connectivity index (χ1) is 19.2. The van der Waals surface area contributed by atoms with Crippen molar-refractivity contribution in [2.75, 3.05) is 6.54 Å². The van der Waals surface area contributed by atoms with E-state index in [0.717, 1.165) is 74.7 Å². The maximum Gasteiger partial charge on any atom is 0.135 e. The van der Waals surface area contributed by atoms with E-state index in [1.807, 2.05) is 54.9 Å². The molecule has 39 heavy (non-hydrogen) atoms. The van der Waals surface area contributed by atoms with Crippen molar-refractivity contribution in [3.05, 3.63) is 90.5 Å². The number of aromatic nitrogens is 5. The highest BCUT2D eigenvalue weighted by molar-refractivity contribution is 6.00. The van der Waals surface area contributed by atoms with E-state index in [0.29, 0.717) is 5.56 Å². The van der Waals surface area contributed by atoms with Gasteiger partial charge in [0, 0.05) is 41.0 Å². The summed E-state index contributed by atoms with van der Waals surface area (Å²) >= 11 is 0. The number of rotatable bonds is 7. The van der Waals surface area contributed by atoms with Crippen LogP contribution in [0, 0.1) is 11.7 Å². The molecule has 0 saturated heterocycles. The van der Waals surface area contributed by atoms with Crippen LogP contribution in [0.3, 0.4) is 0 Å². The number of halogens is 1. The van der Waals surface area contributed by atoms with E-state index < -0.39 is 0 Å². The Balaban J connectivity index is 1.21. The molecular formula is C32H29FN6. The van der Waals surface area contributed by atoms with Gasteiger partial charge < -0.3 is 10.3 Å². The molecule has 0 spiro atoms. The summed E-state index contributed by atoms with van der Waals surface area (Å²) in [4.78, 5) is 13.0. The second kappa shape index (κ2) is 10.1. The smallest absolute Gasteiger partial charge is 0.135 e. The van der Waals surface area contributed by atoms with Crippen LogP contribution < -0.4 is 5.32 Å². The van der Waals surface area contributed by atoms with Crippen molar-refractivity contribution in [2.45, 2.75) is 32.2 Å². The highest BCUT2D eigenvalue weighted by Crippen LogP contribution is 2.35. The van der Waals surface area contributed by atoms with Gasteiger partial charge in [-0.2, -0.15) is 5.10 Å². The highest BCUT2D eigenvalue weighted by atomic mass is 19.1. The second-order valence-electron chi connectivity index (χ2n) is 10.5. The summed E-state index contributed by atoms with van der Waals surface area (Å²) in [7, 11) is 0. The van der Waals surface area contributed by atoms with Crippen molar-refractivity contribution in [3.8, 4) is 33.8 Å². The lowest BCUT2D eigenvalue weighted by Crippen LogP contribution is -2.20. The van der Waals surface area contributed by atoms with Crippen LogP contribution in [-0.2, 0) is 6.54 Å². The fourth-order valence-electron chi connectivity index (χ4n) is 5.80. The van der Waals surface area contributed by atoms with Gasteiger partial charge in [0.2, 0.25) is 0 Å². The molecule has 1 aliphatic rings. The molecule has 6 aromatic rings. The van der Waals surface area contributed by atoms with Crippen molar-refractivity contribution in [1.29, 1.82) is 0 Å². The van der Waals surface area contributed by atoms with Crippen LogP contribution in [0.15, 0.2) is 79.1 Å². The van der Waals surface area contributed by atoms with E-state index in [1.54, 1.807) is 12.1 Å². The van der Waals surface area contributed by atoms with E-state index in [4.69, 9.17) is 4.98 Å². The summed E-state index contributed by atoms with van der Waals surface area (Å²) in [6.07, 6.45) is 9.17. The van der Waals surface area contributed by atoms with Gasteiger partial charge in [0.25, 0.3) is 0 Å². The third kappa shape index (κ3) is 4.59. The third-order valence-corrected chi connectivity index (χ3v) is 7.82. The van der Waals surface area contributed by atoms with Crippen molar-refractivity contribution in [3.63, 3.8) is 0 Å². The molecule has 6 nitrogen and oxygen atoms in total. The molecule has 0 atom stereocenters. The Morgan fingerprint density at radius 2 is 1.77 bits per heavy atom. The minimum absolute atomic E-state index is 0.242. The number of nitrogens with one attached hydrogen (secondary N) is 3. The standard InChI is InChI=1S/C32H29FN6/c33-26-10-4-3-8-24(26)23-9-5-11-28-25(23)15-30(36-28)32-31-29(38-39-32)13-12-27(37-31)22-14-21(18-35-19-22)17-34-16-20-6-1-2-7-20/h3-5,8-15,18-20,34,36H,1-2,6-7,16-17H2,(H,38,39). The molecule has 4 aromatic heterocycles. The summed E-state index contributed by atoms with van der Waals surface area (Å²) < 4.78 is 14.6. The zero-order valence-corrected chi connectivity index (χ0v) is 21.5. The first-order valence-electron chi connectivity index (χ1n) is 13.6. The van der Waals surface area contributed by atoms with Crippen LogP contribution in [-0.4, -0.2) is 31.7 Å². The Morgan fingerprint density at radius 3 is 2.67 bits per heavy atom. The number of pyridine rings is 2. The van der Waals surface area contributed by atoms with Gasteiger partial charge >= 0.3 is 0 Å². The number of H-pyrrole nitrogens is 2. The minimum Gasteiger partial charge on any atom is -0.353 e. The quantitative estimate of drug-likeness (QED) is 0.209. The van der Waals surface area contributed by atoms with Crippen LogP contribution >= 0.6 is 0 Å². The molecular weight excluding hydrogens is 487 g/mol. The first kappa shape index (κ1) is 23.7. The minimum atomic E-state index is -0.242. The highest BCUT2D eigenvalue weighted by Gasteiger charge is 2.17. The topological polar surface area (TPSA) is 82.3 Å². The lowest BCUT2D eigenvalue weighted by molar-refractivity contribution is 0.489. The predicted molar refractivity (Wildman–Crippen MR) is 153 cm³/mol. The zero-order chi connectivity index (χ0) is 26.2. The molecule has 0 aliphatic heterocycles. The van der Waals surface area contributed by atoms with Gasteiger partial charge in [-0.25, -0.2) is 9.37 Å². The SMILES string of the molecule is Fc1ccccc1-c1cccc2[nH]c(-c3n[nH]c4ccc(-c5cncc(CNCC6CCCC6)c5)nc34)cc12. The van der Waals surface area contributed by atoms with Crippen molar-refractivity contribution in [2.24, 2.45) is 5.92 Å². The van der Waals surface area contributed by atoms with Crippen LogP contribution in [0.1, 0.15) is 31.2 Å². The molecule has 4 heterocycles. The largest absolute Gasteiger partial charge is 0.353 e. The Kier molecular flexibility index (Phi) is 6.13. The van der Waals surface area contributed by atoms with E-state index in [1.165, 1.54) is 31.7 Å². The van der Waals surface area contributed by atoms with Crippen molar-refractivity contribution in [1.82, 2.24) is 30.5 Å². The summed E-state index contributed by atoms with van der Waals surface area (Å²) in [5.41, 5.74) is 8.48. The van der Waals surface area contributed by atoms with E-state index in [2.05, 4.69) is 31.5 Å². The number of nitrogens with zero attached hydrogens (tertiary/aromatic N) is 3. The van der Waals surface area contributed by atoms with Gasteiger partial charge in [-0.1, -0.05) is 43.2 Å². The average molecular weight is 517 g/mol. The molecule has 1 saturated carbocycles. The summed E-state index contributed by atoms with van der Waals surface area (Å²) in [5.74, 6) is 0.561. The number of hydrogen-bond donors (Lipinski definition) is 3. The Hall–Kier alpha value is -4.36. The maximum absolute atomic E-state index is 14.6. The predicted octanol–water partition coefficient (Wildman–Crippen LogP) is 7.25. The van der Waals surface area contributed by atoms with Gasteiger partial charge in [0.15, 0.2) is 0 Å². The number of aromatic amines is 2. The van der Waals surface area contributed by atoms with E-state index >= 15 is 0 Å². The van der Waals surface area contributed by atoms with Gasteiger partial charge in [0.1, 0.15) is 17.0 Å². The number of fused-ring (bicyclic) bond motifs is 2. The lowest BCUT2D eigenvalue weighted by Gasteiger charge is -2.11. The van der Waals surface area contributed by atoms with Crippen LogP contribution in [0.25, 0.3) is 55.7 Å². The van der Waals surface area contributed by atoms with Crippen LogP contribution in [0.4, 0.5) is 4.39 Å². The van der Waals surface area contributed by atoms with Gasteiger partial charge in [-0.15, -0.1) is 0 Å². The molecule has 0 radical (unpaired) electrons. The van der Waals surface area contributed by atoms with Gasteiger partial charge in [-0.3, -0.25) is 10.1 Å². The summed E-state index contributed by atoms with van der Waals surface area (Å²) in [6.45, 7) is 1.87. The van der Waals surface area contributed by atoms with Gasteiger partial charge in [0.05, 0.1) is 16.9 Å².